The number of anilines is 1. The number of nitrogens with zero attached hydrogens (tertiary/aromatic N) is 6. The Morgan fingerprint density at radius 3 is 2.92 bits per heavy atom. The Morgan fingerprint density at radius 1 is 1.41 bits per heavy atom. The van der Waals surface area contributed by atoms with Crippen molar-refractivity contribution in [2.45, 2.75) is 16.4 Å². The molecule has 186 valence electrons. The minimum atomic E-state index is -1.45. The first kappa shape index (κ1) is 27.4. The molecule has 37 heavy (non-hydrogen) atoms. The summed E-state index contributed by atoms with van der Waals surface area (Å²) < 4.78 is 1.65. The van der Waals surface area contributed by atoms with Crippen molar-refractivity contribution in [3.63, 3.8) is 0 Å². The first-order valence-electron chi connectivity index (χ1n) is 10.3. The maximum atomic E-state index is 13.0. The van der Waals surface area contributed by atoms with E-state index in [2.05, 4.69) is 25.5 Å². The van der Waals surface area contributed by atoms with Crippen LogP contribution in [0.5, 0.6) is 0 Å². The van der Waals surface area contributed by atoms with Crippen LogP contribution in [0.15, 0.2) is 51.4 Å². The SMILES string of the molecule is CO/N=C(\C(=O)N[C@@H]1C(=O)N2C(C(=O)[O-])=C(CSc3cccc4ncnn34)CS[C@@H]12)c1csc(N)n1.[Na+]. The molecule has 3 aromatic rings. The number of carbonyl (C=O) groups is 3. The minimum absolute atomic E-state index is 0. The zero-order valence-corrected chi connectivity index (χ0v) is 23.9. The van der Waals surface area contributed by atoms with Gasteiger partial charge in [-0.15, -0.1) is 34.9 Å². The van der Waals surface area contributed by atoms with E-state index in [1.54, 1.807) is 4.52 Å². The van der Waals surface area contributed by atoms with Crippen LogP contribution in [0, 0.1) is 0 Å². The van der Waals surface area contributed by atoms with Crippen molar-refractivity contribution in [2.24, 2.45) is 5.16 Å². The predicted molar refractivity (Wildman–Crippen MR) is 131 cm³/mol. The fourth-order valence-corrected chi connectivity index (χ4v) is 6.80. The number of nitrogens with one attached hydrogen (secondary N) is 1. The summed E-state index contributed by atoms with van der Waals surface area (Å²) in [6.07, 6.45) is 1.44. The number of nitrogens with two attached hydrogens (primary N) is 1. The van der Waals surface area contributed by atoms with Crippen molar-refractivity contribution < 1.29 is 53.9 Å². The van der Waals surface area contributed by atoms with E-state index in [4.69, 9.17) is 10.6 Å². The largest absolute Gasteiger partial charge is 1.00 e. The third-order valence-corrected chi connectivity index (χ3v) is 8.46. The van der Waals surface area contributed by atoms with Crippen LogP contribution in [0.4, 0.5) is 5.13 Å². The monoisotopic (exact) mass is 568 g/mol. The van der Waals surface area contributed by atoms with E-state index < -0.39 is 29.2 Å². The molecule has 0 unspecified atom stereocenters. The van der Waals surface area contributed by atoms with E-state index in [0.717, 1.165) is 21.3 Å². The second-order valence-corrected chi connectivity index (χ2v) is 10.5. The Kier molecular flexibility index (Phi) is 8.45. The first-order chi connectivity index (χ1) is 17.4. The van der Waals surface area contributed by atoms with Gasteiger partial charge in [0.1, 0.15) is 35.6 Å². The molecule has 2 amide bonds. The molecule has 2 atom stereocenters. The standard InChI is InChI=1S/C20H18N8O5S3.Na/c1-33-26-13(10-7-36-20(21)24-10)16(29)25-14-17(30)27-15(19(31)32)9(6-35-18(14)27)5-34-12-4-2-3-11-22-8-23-28(11)12;/h2-4,7-8,14,18H,5-6H2,1H3,(H2,21,24)(H,25,29)(H,31,32);/q;+1/p-1/b26-13-;/t14-,18+;/m1./s1. The third kappa shape index (κ3) is 5.21. The predicted octanol–water partition coefficient (Wildman–Crippen LogP) is -3.68. The summed E-state index contributed by atoms with van der Waals surface area (Å²) in [7, 11) is 1.27. The normalized spacial score (nSPS) is 19.2. The van der Waals surface area contributed by atoms with Crippen LogP contribution in [0.1, 0.15) is 5.69 Å². The van der Waals surface area contributed by atoms with Crippen molar-refractivity contribution in [3.8, 4) is 0 Å². The molecule has 0 saturated carbocycles. The van der Waals surface area contributed by atoms with Gasteiger partial charge in [0, 0.05) is 16.9 Å². The number of nitrogen functional groups attached to an aromatic ring is 1. The number of carboxylic acid groups (broad SMARTS) is 1. The van der Waals surface area contributed by atoms with Gasteiger partial charge in [-0.05, 0) is 17.7 Å². The number of aromatic nitrogens is 4. The van der Waals surface area contributed by atoms with Gasteiger partial charge in [0.2, 0.25) is 0 Å². The van der Waals surface area contributed by atoms with Crippen molar-refractivity contribution in [1.29, 1.82) is 0 Å². The molecule has 2 aliphatic rings. The maximum absolute atomic E-state index is 13.0. The number of amides is 2. The number of oxime groups is 1. The number of carbonyl (C=O) groups excluding carboxylic acids is 3. The molecular formula is C20H17N8NaO5S3. The average Bonchev–Trinajstić information content (AvgIpc) is 3.52. The van der Waals surface area contributed by atoms with Crippen LogP contribution >= 0.6 is 34.9 Å². The van der Waals surface area contributed by atoms with Crippen LogP contribution in [0.3, 0.4) is 0 Å². The van der Waals surface area contributed by atoms with Crippen LogP contribution in [0.2, 0.25) is 0 Å². The Labute approximate surface area is 244 Å². The number of hydrogen-bond donors (Lipinski definition) is 2. The van der Waals surface area contributed by atoms with E-state index in [1.165, 1.54) is 42.3 Å². The van der Waals surface area contributed by atoms with Gasteiger partial charge in [-0.3, -0.25) is 14.5 Å². The molecule has 0 aromatic carbocycles. The Bertz CT molecular complexity index is 1440. The fraction of sp³-hybridized carbons (Fsp3) is 0.250. The molecule has 0 bridgehead atoms. The Hall–Kier alpha value is -2.63. The fourth-order valence-electron chi connectivity index (χ4n) is 3.78. The third-order valence-electron chi connectivity index (χ3n) is 5.35. The van der Waals surface area contributed by atoms with Gasteiger partial charge in [0.15, 0.2) is 16.5 Å². The number of aliphatic carboxylic acids is 1. The van der Waals surface area contributed by atoms with Gasteiger partial charge < -0.3 is 25.8 Å². The van der Waals surface area contributed by atoms with E-state index in [9.17, 15) is 19.5 Å². The topological polar surface area (TPSA) is 180 Å². The molecule has 0 spiro atoms. The number of pyridine rings is 1. The number of rotatable bonds is 8. The molecule has 3 aromatic heterocycles. The molecule has 0 radical (unpaired) electrons. The van der Waals surface area contributed by atoms with Crippen LogP contribution in [-0.2, 0) is 19.2 Å². The molecule has 3 N–H and O–H groups in total. The number of carboxylic acids is 1. The van der Waals surface area contributed by atoms with Gasteiger partial charge in [0.05, 0.1) is 11.7 Å². The minimum Gasteiger partial charge on any atom is -0.543 e. The molecule has 17 heteroatoms. The molecule has 5 heterocycles. The summed E-state index contributed by atoms with van der Waals surface area (Å²) in [6, 6.07) is 4.54. The van der Waals surface area contributed by atoms with Gasteiger partial charge in [-0.1, -0.05) is 11.2 Å². The number of β-lactam (4-membered cyclic amide) rings is 1. The van der Waals surface area contributed by atoms with Gasteiger partial charge >= 0.3 is 29.6 Å². The molecule has 0 aliphatic carbocycles. The van der Waals surface area contributed by atoms with Crippen molar-refractivity contribution >= 4 is 69.1 Å². The first-order valence-corrected chi connectivity index (χ1v) is 13.2. The Balaban J connectivity index is 0.00000320. The van der Waals surface area contributed by atoms with Gasteiger partial charge in [-0.2, -0.15) is 5.10 Å². The quantitative estimate of drug-likeness (QED) is 0.0898. The van der Waals surface area contributed by atoms with E-state index in [0.29, 0.717) is 22.7 Å². The Morgan fingerprint density at radius 2 is 2.22 bits per heavy atom. The summed E-state index contributed by atoms with van der Waals surface area (Å²) in [5.74, 6) is -2.06. The van der Waals surface area contributed by atoms with Crippen LogP contribution < -0.4 is 45.7 Å². The van der Waals surface area contributed by atoms with E-state index >= 15 is 0 Å². The molecule has 13 nitrogen and oxygen atoms in total. The van der Waals surface area contributed by atoms with Crippen molar-refractivity contribution in [2.75, 3.05) is 24.3 Å². The molecule has 2 aliphatic heterocycles. The summed E-state index contributed by atoms with van der Waals surface area (Å²) in [6.45, 7) is 0. The molecule has 1 saturated heterocycles. The number of hydrogen-bond acceptors (Lipinski definition) is 13. The summed E-state index contributed by atoms with van der Waals surface area (Å²) in [4.78, 5) is 51.9. The van der Waals surface area contributed by atoms with E-state index in [1.807, 2.05) is 18.2 Å². The number of thiazole rings is 1. The molecule has 5 rings (SSSR count). The molecular weight excluding hydrogens is 551 g/mol. The van der Waals surface area contributed by atoms with Crippen LogP contribution in [0.25, 0.3) is 5.65 Å². The zero-order valence-electron chi connectivity index (χ0n) is 19.5. The second kappa shape index (κ2) is 11.4. The molecule has 1 fully saturated rings. The van der Waals surface area contributed by atoms with Crippen LogP contribution in [-0.4, -0.2) is 78.0 Å². The van der Waals surface area contributed by atoms with E-state index in [-0.39, 0.29) is 51.8 Å². The summed E-state index contributed by atoms with van der Waals surface area (Å²) >= 11 is 3.85. The number of fused-ring (bicyclic) bond motifs is 2. The van der Waals surface area contributed by atoms with Gasteiger partial charge in [0.25, 0.3) is 11.8 Å². The van der Waals surface area contributed by atoms with Crippen molar-refractivity contribution in [1.82, 2.24) is 29.8 Å². The summed E-state index contributed by atoms with van der Waals surface area (Å²) in [5.41, 5.74) is 6.73. The summed E-state index contributed by atoms with van der Waals surface area (Å²) in [5, 5.41) is 24.5. The maximum Gasteiger partial charge on any atom is 1.00 e. The van der Waals surface area contributed by atoms with Crippen molar-refractivity contribution in [3.05, 3.63) is 46.9 Å². The number of thioether (sulfide) groups is 2. The average molecular weight is 569 g/mol. The zero-order chi connectivity index (χ0) is 25.4. The smallest absolute Gasteiger partial charge is 0.543 e. The van der Waals surface area contributed by atoms with Gasteiger partial charge in [-0.25, -0.2) is 14.5 Å². The second-order valence-electron chi connectivity index (χ2n) is 7.48.